The van der Waals surface area contributed by atoms with Crippen LogP contribution in [0, 0.1) is 11.7 Å². The number of alkyl carbamates (subject to hydrolysis) is 1. The van der Waals surface area contributed by atoms with Gasteiger partial charge in [-0.15, -0.1) is 0 Å². The van der Waals surface area contributed by atoms with Gasteiger partial charge in [-0.3, -0.25) is 4.79 Å². The summed E-state index contributed by atoms with van der Waals surface area (Å²) in [5.74, 6) is 0.147. The van der Waals surface area contributed by atoms with E-state index < -0.39 is 5.60 Å². The van der Waals surface area contributed by atoms with E-state index in [0.29, 0.717) is 31.0 Å². The highest BCUT2D eigenvalue weighted by Crippen LogP contribution is 2.17. The monoisotopic (exact) mass is 364 g/mol. The molecule has 1 fully saturated rings. The second-order valence-electron chi connectivity index (χ2n) is 7.85. The first-order valence-electron chi connectivity index (χ1n) is 9.21. The summed E-state index contributed by atoms with van der Waals surface area (Å²) in [4.78, 5) is 26.1. The van der Waals surface area contributed by atoms with Crippen LogP contribution in [0.15, 0.2) is 24.3 Å². The molecule has 0 unspecified atom stereocenters. The molecule has 0 aromatic heterocycles. The van der Waals surface area contributed by atoms with Crippen LogP contribution in [0.1, 0.15) is 50.4 Å². The van der Waals surface area contributed by atoms with Crippen molar-refractivity contribution in [2.75, 3.05) is 26.2 Å². The molecule has 0 aliphatic carbocycles. The summed E-state index contributed by atoms with van der Waals surface area (Å²) in [7, 11) is 0. The van der Waals surface area contributed by atoms with Gasteiger partial charge in [0.25, 0.3) is 0 Å². The molecule has 0 spiro atoms. The highest BCUT2D eigenvalue weighted by atomic mass is 19.1. The number of carbonyl (C=O) groups excluding carboxylic acids is 2. The Morgan fingerprint density at radius 2 is 1.81 bits per heavy atom. The Labute approximate surface area is 154 Å². The first-order valence-corrected chi connectivity index (χ1v) is 9.21. The molecule has 5 nitrogen and oxygen atoms in total. The summed E-state index contributed by atoms with van der Waals surface area (Å²) >= 11 is 0. The third-order valence-corrected chi connectivity index (χ3v) is 4.46. The van der Waals surface area contributed by atoms with Crippen LogP contribution in [0.2, 0.25) is 0 Å². The van der Waals surface area contributed by atoms with Crippen LogP contribution in [-0.2, 0) is 4.74 Å². The first kappa shape index (κ1) is 20.4. The average molecular weight is 364 g/mol. The Morgan fingerprint density at radius 3 is 2.38 bits per heavy atom. The van der Waals surface area contributed by atoms with E-state index in [1.165, 1.54) is 24.3 Å². The topological polar surface area (TPSA) is 58.6 Å². The lowest BCUT2D eigenvalue weighted by atomic mass is 9.96. The van der Waals surface area contributed by atoms with E-state index in [1.54, 1.807) is 0 Å². The number of Topliss-reactive ketones (excluding diaryl/α,β-unsaturated/α-hetero) is 1. The standard InChI is InChI=1S/C20H29FN2O3/c1-20(2,3)26-19(25)22-14-15-8-11-23(12-9-15)13-10-18(24)16-4-6-17(21)7-5-16/h4-7,15H,8-14H2,1-3H3,(H,22,25). The molecular formula is C20H29FN2O3. The van der Waals surface area contributed by atoms with Crippen LogP contribution >= 0.6 is 0 Å². The quantitative estimate of drug-likeness (QED) is 0.783. The zero-order chi connectivity index (χ0) is 19.2. The van der Waals surface area contributed by atoms with E-state index in [1.807, 2.05) is 20.8 Å². The number of likely N-dealkylation sites (tertiary alicyclic amines) is 1. The van der Waals surface area contributed by atoms with Gasteiger partial charge in [0.15, 0.2) is 5.78 Å². The fourth-order valence-electron chi connectivity index (χ4n) is 3.00. The normalized spacial score (nSPS) is 16.3. The molecule has 1 aliphatic rings. The first-order chi connectivity index (χ1) is 12.2. The van der Waals surface area contributed by atoms with Crippen molar-refractivity contribution in [3.8, 4) is 0 Å². The van der Waals surface area contributed by atoms with Crippen LogP contribution < -0.4 is 5.32 Å². The molecule has 2 rings (SSSR count). The predicted molar refractivity (Wildman–Crippen MR) is 98.7 cm³/mol. The molecule has 1 amide bonds. The molecule has 1 N–H and O–H groups in total. The molecule has 1 aliphatic heterocycles. The molecule has 1 aromatic carbocycles. The summed E-state index contributed by atoms with van der Waals surface area (Å²) in [6.07, 6.45) is 2.04. The maximum Gasteiger partial charge on any atom is 0.407 e. The lowest BCUT2D eigenvalue weighted by molar-refractivity contribution is 0.0509. The summed E-state index contributed by atoms with van der Waals surface area (Å²) in [5.41, 5.74) is 0.0766. The Balaban J connectivity index is 1.64. The predicted octanol–water partition coefficient (Wildman–Crippen LogP) is 3.64. The molecule has 6 heteroatoms. The van der Waals surface area contributed by atoms with Crippen LogP contribution in [0.4, 0.5) is 9.18 Å². The Hall–Kier alpha value is -1.95. The van der Waals surface area contributed by atoms with E-state index in [4.69, 9.17) is 4.74 Å². The van der Waals surface area contributed by atoms with Gasteiger partial charge in [-0.25, -0.2) is 9.18 Å². The van der Waals surface area contributed by atoms with Crippen LogP contribution in [0.3, 0.4) is 0 Å². The third kappa shape index (κ3) is 7.12. The van der Waals surface area contributed by atoms with Crippen LogP contribution in [-0.4, -0.2) is 48.6 Å². The number of ketones is 1. The molecule has 144 valence electrons. The van der Waals surface area contributed by atoms with Crippen molar-refractivity contribution in [1.82, 2.24) is 10.2 Å². The smallest absolute Gasteiger partial charge is 0.407 e. The number of piperidine rings is 1. The number of nitrogens with one attached hydrogen (secondary N) is 1. The Morgan fingerprint density at radius 1 is 1.19 bits per heavy atom. The van der Waals surface area contributed by atoms with Crippen molar-refractivity contribution in [3.05, 3.63) is 35.6 Å². The highest BCUT2D eigenvalue weighted by molar-refractivity contribution is 5.96. The van der Waals surface area contributed by atoms with Gasteiger partial charge in [0.2, 0.25) is 0 Å². The van der Waals surface area contributed by atoms with Gasteiger partial charge in [-0.2, -0.15) is 0 Å². The van der Waals surface area contributed by atoms with E-state index in [0.717, 1.165) is 25.9 Å². The molecule has 0 bridgehead atoms. The summed E-state index contributed by atoms with van der Waals surface area (Å²) in [6.45, 7) is 8.70. The number of rotatable bonds is 6. The van der Waals surface area contributed by atoms with E-state index in [-0.39, 0.29) is 17.7 Å². The SMILES string of the molecule is CC(C)(C)OC(=O)NCC1CCN(CCC(=O)c2ccc(F)cc2)CC1. The zero-order valence-corrected chi connectivity index (χ0v) is 15.9. The van der Waals surface area contributed by atoms with E-state index in [2.05, 4.69) is 10.2 Å². The van der Waals surface area contributed by atoms with E-state index >= 15 is 0 Å². The number of hydrogen-bond acceptors (Lipinski definition) is 4. The summed E-state index contributed by atoms with van der Waals surface area (Å²) in [5, 5.41) is 2.84. The minimum atomic E-state index is -0.482. The van der Waals surface area contributed by atoms with Crippen molar-refractivity contribution in [3.63, 3.8) is 0 Å². The Kier molecular flexibility index (Phi) is 7.14. The minimum Gasteiger partial charge on any atom is -0.444 e. The van der Waals surface area contributed by atoms with Gasteiger partial charge in [-0.05, 0) is 76.9 Å². The summed E-state index contributed by atoms with van der Waals surface area (Å²) in [6, 6.07) is 5.70. The number of benzene rings is 1. The van der Waals surface area contributed by atoms with Crippen molar-refractivity contribution in [2.45, 2.75) is 45.6 Å². The van der Waals surface area contributed by atoms with Crippen molar-refractivity contribution < 1.29 is 18.7 Å². The number of carbonyl (C=O) groups is 2. The van der Waals surface area contributed by atoms with E-state index in [9.17, 15) is 14.0 Å². The van der Waals surface area contributed by atoms with Crippen LogP contribution in [0.25, 0.3) is 0 Å². The maximum absolute atomic E-state index is 12.9. The minimum absolute atomic E-state index is 0.0405. The largest absolute Gasteiger partial charge is 0.444 e. The van der Waals surface area contributed by atoms with Crippen molar-refractivity contribution in [2.24, 2.45) is 5.92 Å². The molecule has 0 atom stereocenters. The van der Waals surface area contributed by atoms with Gasteiger partial charge in [0.05, 0.1) is 0 Å². The third-order valence-electron chi connectivity index (χ3n) is 4.46. The number of hydrogen-bond donors (Lipinski definition) is 1. The van der Waals surface area contributed by atoms with Crippen molar-refractivity contribution >= 4 is 11.9 Å². The van der Waals surface area contributed by atoms with Gasteiger partial charge in [-0.1, -0.05) is 0 Å². The molecule has 1 heterocycles. The second kappa shape index (κ2) is 9.12. The second-order valence-corrected chi connectivity index (χ2v) is 7.85. The van der Waals surface area contributed by atoms with Gasteiger partial charge < -0.3 is 15.0 Å². The van der Waals surface area contributed by atoms with Crippen molar-refractivity contribution in [1.29, 1.82) is 0 Å². The Bertz CT molecular complexity index is 602. The molecule has 1 saturated heterocycles. The molecule has 26 heavy (non-hydrogen) atoms. The lowest BCUT2D eigenvalue weighted by Gasteiger charge is -2.32. The molecule has 0 radical (unpaired) electrons. The van der Waals surface area contributed by atoms with Gasteiger partial charge in [0, 0.05) is 25.1 Å². The zero-order valence-electron chi connectivity index (χ0n) is 15.9. The fraction of sp³-hybridized carbons (Fsp3) is 0.600. The highest BCUT2D eigenvalue weighted by Gasteiger charge is 2.22. The maximum atomic E-state index is 12.9. The average Bonchev–Trinajstić information content (AvgIpc) is 2.58. The number of amides is 1. The molecular weight excluding hydrogens is 335 g/mol. The number of halogens is 1. The number of nitrogens with zero attached hydrogens (tertiary/aromatic N) is 1. The molecule has 1 aromatic rings. The molecule has 0 saturated carbocycles. The fourth-order valence-corrected chi connectivity index (χ4v) is 3.00. The number of ether oxygens (including phenoxy) is 1. The van der Waals surface area contributed by atoms with Gasteiger partial charge in [0.1, 0.15) is 11.4 Å². The van der Waals surface area contributed by atoms with Gasteiger partial charge >= 0.3 is 6.09 Å². The lowest BCUT2D eigenvalue weighted by Crippen LogP contribution is -2.40. The summed E-state index contributed by atoms with van der Waals surface area (Å²) < 4.78 is 18.1. The van der Waals surface area contributed by atoms with Crippen LogP contribution in [0.5, 0.6) is 0 Å².